The molecule has 0 unspecified atom stereocenters. The number of carbonyl (C=O) groups excluding carboxylic acids is 1. The summed E-state index contributed by atoms with van der Waals surface area (Å²) in [5.74, 6) is -1.11. The minimum Gasteiger partial charge on any atom is -0.506 e. The molecular formula is C33H23N5O14S4. The molecule has 0 radical (unpaired) electrons. The highest BCUT2D eigenvalue weighted by atomic mass is 32.2. The second kappa shape index (κ2) is 14.5. The van der Waals surface area contributed by atoms with Gasteiger partial charge in [0.05, 0.1) is 26.9 Å². The fourth-order valence-electron chi connectivity index (χ4n) is 5.25. The van der Waals surface area contributed by atoms with Gasteiger partial charge in [-0.25, -0.2) is 0 Å². The van der Waals surface area contributed by atoms with E-state index in [9.17, 15) is 61.8 Å². The fourth-order valence-corrected chi connectivity index (χ4v) is 7.97. The van der Waals surface area contributed by atoms with Crippen LogP contribution in [0.1, 0.15) is 10.4 Å². The van der Waals surface area contributed by atoms with Gasteiger partial charge in [-0.2, -0.15) is 49.0 Å². The highest BCUT2D eigenvalue weighted by molar-refractivity contribution is 7.87. The second-order valence-electron chi connectivity index (χ2n) is 11.6. The zero-order valence-electron chi connectivity index (χ0n) is 27.6. The van der Waals surface area contributed by atoms with Gasteiger partial charge in [0.25, 0.3) is 46.4 Å². The number of phenols is 1. The average molecular weight is 842 g/mol. The summed E-state index contributed by atoms with van der Waals surface area (Å²) in [5, 5.41) is 28.6. The largest absolute Gasteiger partial charge is 0.506 e. The summed E-state index contributed by atoms with van der Waals surface area (Å²) in [7, 11) is -19.7. The number of amides is 1. The molecule has 6 N–H and O–H groups in total. The lowest BCUT2D eigenvalue weighted by molar-refractivity contribution is 0.102. The van der Waals surface area contributed by atoms with Crippen molar-refractivity contribution >= 4 is 96.4 Å². The Morgan fingerprint density at radius 2 is 0.982 bits per heavy atom. The van der Waals surface area contributed by atoms with Crippen molar-refractivity contribution in [2.75, 3.05) is 5.32 Å². The quantitative estimate of drug-likeness (QED) is 0.0613. The molecule has 19 nitrogen and oxygen atoms in total. The Morgan fingerprint density at radius 3 is 1.55 bits per heavy atom. The zero-order valence-corrected chi connectivity index (χ0v) is 30.9. The number of aromatic hydroxyl groups is 1. The monoisotopic (exact) mass is 841 g/mol. The smallest absolute Gasteiger partial charge is 0.295 e. The molecule has 0 saturated heterocycles. The molecule has 288 valence electrons. The van der Waals surface area contributed by atoms with Crippen molar-refractivity contribution in [3.63, 3.8) is 0 Å². The molecule has 56 heavy (non-hydrogen) atoms. The summed E-state index contributed by atoms with van der Waals surface area (Å²) in [5.41, 5.74) is 0.676. The fraction of sp³-hybridized carbons (Fsp3) is 0. The molecule has 6 aromatic carbocycles. The lowest BCUT2D eigenvalue weighted by atomic mass is 10.1. The topological polar surface area (TPSA) is 316 Å². The SMILES string of the molecule is O=C(Nc1ccc(/N=N/c2ccc3cc(S(=O)(=O)O)cc(S(=O)(=O)O)c3c2)cc1)c1ccc(/N=N/c2c(O)ccc3cc(S(=O)(=O)O)cc(S(=O)(=O)O)c23)cc1. The number of benzene rings is 6. The van der Waals surface area contributed by atoms with E-state index in [2.05, 4.69) is 25.8 Å². The first-order valence-corrected chi connectivity index (χ1v) is 21.0. The molecule has 0 aliphatic heterocycles. The third kappa shape index (κ3) is 8.74. The number of azo groups is 2. The van der Waals surface area contributed by atoms with E-state index in [0.717, 1.165) is 24.3 Å². The number of nitrogens with zero attached hydrogens (tertiary/aromatic N) is 4. The van der Waals surface area contributed by atoms with Gasteiger partial charge in [0.2, 0.25) is 0 Å². The van der Waals surface area contributed by atoms with Crippen LogP contribution in [0.5, 0.6) is 5.75 Å². The van der Waals surface area contributed by atoms with E-state index in [1.165, 1.54) is 66.7 Å². The molecule has 23 heteroatoms. The second-order valence-corrected chi connectivity index (χ2v) is 17.3. The van der Waals surface area contributed by atoms with Crippen LogP contribution in [0.3, 0.4) is 0 Å². The number of hydrogen-bond acceptors (Lipinski definition) is 14. The van der Waals surface area contributed by atoms with Crippen molar-refractivity contribution in [1.82, 2.24) is 0 Å². The Morgan fingerprint density at radius 1 is 0.500 bits per heavy atom. The number of fused-ring (bicyclic) bond motifs is 2. The average Bonchev–Trinajstić information content (AvgIpc) is 3.11. The van der Waals surface area contributed by atoms with Crippen LogP contribution < -0.4 is 5.32 Å². The van der Waals surface area contributed by atoms with Crippen LogP contribution in [-0.4, -0.2) is 62.9 Å². The van der Waals surface area contributed by atoms with Crippen LogP contribution in [0.2, 0.25) is 0 Å². The van der Waals surface area contributed by atoms with Crippen LogP contribution >= 0.6 is 0 Å². The van der Waals surface area contributed by atoms with Gasteiger partial charge in [0.15, 0.2) is 0 Å². The molecule has 0 atom stereocenters. The third-order valence-electron chi connectivity index (χ3n) is 7.83. The molecule has 0 aliphatic rings. The van der Waals surface area contributed by atoms with Gasteiger partial charge >= 0.3 is 0 Å². The normalized spacial score (nSPS) is 12.9. The van der Waals surface area contributed by atoms with Gasteiger partial charge in [-0.05, 0) is 102 Å². The van der Waals surface area contributed by atoms with Gasteiger partial charge in [-0.15, -0.1) is 5.11 Å². The Kier molecular flexibility index (Phi) is 10.3. The number of nitrogens with one attached hydrogen (secondary N) is 1. The molecule has 0 aromatic heterocycles. The summed E-state index contributed by atoms with van der Waals surface area (Å²) in [4.78, 5) is 9.62. The molecule has 0 spiro atoms. The predicted molar refractivity (Wildman–Crippen MR) is 198 cm³/mol. The van der Waals surface area contributed by atoms with Crippen molar-refractivity contribution in [3.05, 3.63) is 109 Å². The van der Waals surface area contributed by atoms with E-state index in [1.54, 1.807) is 0 Å². The lowest BCUT2D eigenvalue weighted by Crippen LogP contribution is -2.11. The number of anilines is 1. The first kappa shape index (κ1) is 39.6. The van der Waals surface area contributed by atoms with Crippen LogP contribution in [-0.2, 0) is 40.5 Å². The highest BCUT2D eigenvalue weighted by Crippen LogP contribution is 2.41. The molecule has 0 saturated carbocycles. The number of phenolic OH excluding ortho intramolecular Hbond substituents is 1. The minimum absolute atomic E-state index is 0.0741. The maximum atomic E-state index is 12.9. The van der Waals surface area contributed by atoms with E-state index >= 15 is 0 Å². The Hall–Kier alpha value is -6.05. The molecule has 0 aliphatic carbocycles. The lowest BCUT2D eigenvalue weighted by Gasteiger charge is -2.10. The van der Waals surface area contributed by atoms with Crippen molar-refractivity contribution in [2.24, 2.45) is 20.5 Å². The molecule has 0 heterocycles. The van der Waals surface area contributed by atoms with Gasteiger partial charge in [-0.1, -0.05) is 12.1 Å². The van der Waals surface area contributed by atoms with Crippen molar-refractivity contribution in [2.45, 2.75) is 19.6 Å². The molecule has 0 fully saturated rings. The first-order chi connectivity index (χ1) is 26.1. The Bertz CT molecular complexity index is 3120. The maximum absolute atomic E-state index is 12.9. The zero-order chi connectivity index (χ0) is 40.8. The van der Waals surface area contributed by atoms with Gasteiger partial charge in [0, 0.05) is 22.0 Å². The van der Waals surface area contributed by atoms with E-state index in [1.807, 2.05) is 0 Å². The van der Waals surface area contributed by atoms with Crippen molar-refractivity contribution in [3.8, 4) is 5.75 Å². The standard InChI is InChI=1S/C33H23N5O14S4/c39-28-12-4-20-14-26(54(44,45)46)17-30(56(50,51)52)31(20)32(28)38-36-22-5-1-18(2-6-22)33(40)34-21-8-10-23(11-9-21)35-37-24-7-3-19-13-25(53(41,42)43)16-29(27(19)15-24)55(47,48)49/h1-17,39H,(H,34,40)(H,41,42,43)(H,44,45,46)(H,47,48,49)(H,50,51,52)/b37-35+,38-36+. The van der Waals surface area contributed by atoms with Crippen LogP contribution in [0.25, 0.3) is 21.5 Å². The Balaban J connectivity index is 1.17. The molecule has 0 bridgehead atoms. The minimum atomic E-state index is -5.10. The summed E-state index contributed by atoms with van der Waals surface area (Å²) in [6.07, 6.45) is 0. The molecule has 6 aromatic rings. The summed E-state index contributed by atoms with van der Waals surface area (Å²) in [6, 6.07) is 20.8. The summed E-state index contributed by atoms with van der Waals surface area (Å²) in [6.45, 7) is 0. The van der Waals surface area contributed by atoms with E-state index in [0.29, 0.717) is 23.5 Å². The van der Waals surface area contributed by atoms with Crippen molar-refractivity contribution < 1.29 is 61.8 Å². The highest BCUT2D eigenvalue weighted by Gasteiger charge is 2.24. The van der Waals surface area contributed by atoms with Gasteiger partial charge < -0.3 is 10.4 Å². The molecule has 1 amide bonds. The van der Waals surface area contributed by atoms with Crippen LogP contribution in [0.15, 0.2) is 143 Å². The molecular weight excluding hydrogens is 819 g/mol. The van der Waals surface area contributed by atoms with E-state index in [4.69, 9.17) is 0 Å². The summed E-state index contributed by atoms with van der Waals surface area (Å²) >= 11 is 0. The predicted octanol–water partition coefficient (Wildman–Crippen LogP) is 6.77. The van der Waals surface area contributed by atoms with Gasteiger partial charge in [0.1, 0.15) is 21.2 Å². The number of rotatable bonds is 10. The number of carbonyl (C=O) groups is 1. The third-order valence-corrected chi connectivity index (χ3v) is 11.3. The Labute approximate surface area is 316 Å². The maximum Gasteiger partial charge on any atom is 0.295 e. The first-order valence-electron chi connectivity index (χ1n) is 15.2. The van der Waals surface area contributed by atoms with Crippen LogP contribution in [0, 0.1) is 0 Å². The molecule has 6 rings (SSSR count). The summed E-state index contributed by atoms with van der Waals surface area (Å²) < 4.78 is 133. The number of hydrogen-bond donors (Lipinski definition) is 6. The van der Waals surface area contributed by atoms with E-state index < -0.39 is 77.4 Å². The van der Waals surface area contributed by atoms with E-state index in [-0.39, 0.29) is 38.5 Å². The van der Waals surface area contributed by atoms with Crippen molar-refractivity contribution in [1.29, 1.82) is 0 Å². The van der Waals surface area contributed by atoms with Crippen LogP contribution in [0.4, 0.5) is 28.4 Å². The van der Waals surface area contributed by atoms with Gasteiger partial charge in [-0.3, -0.25) is 23.0 Å².